The van der Waals surface area contributed by atoms with Gasteiger partial charge in [0.2, 0.25) is 5.91 Å². The lowest BCUT2D eigenvalue weighted by Gasteiger charge is -2.17. The van der Waals surface area contributed by atoms with Gasteiger partial charge in [-0.2, -0.15) is 0 Å². The van der Waals surface area contributed by atoms with E-state index in [-0.39, 0.29) is 17.7 Å². The van der Waals surface area contributed by atoms with E-state index in [0.717, 1.165) is 35.6 Å². The number of methoxy groups -OCH3 is 1. The van der Waals surface area contributed by atoms with Crippen LogP contribution in [0.2, 0.25) is 0 Å². The molecule has 0 spiro atoms. The van der Waals surface area contributed by atoms with E-state index in [1.54, 1.807) is 19.2 Å². The Balaban J connectivity index is 1.70. The van der Waals surface area contributed by atoms with Crippen LogP contribution >= 0.6 is 0 Å². The molecule has 2 aromatic rings. The molecule has 160 valence electrons. The second-order valence-electron chi connectivity index (χ2n) is 7.73. The second kappa shape index (κ2) is 9.69. The molecule has 1 aromatic heterocycles. The van der Waals surface area contributed by atoms with Crippen molar-refractivity contribution in [2.75, 3.05) is 26.7 Å². The van der Waals surface area contributed by atoms with Gasteiger partial charge in [0.1, 0.15) is 11.6 Å². The Hall–Kier alpha value is -2.96. The SMILES string of the molecule is CCCNC(=O)Cc1c(C)nc([C@@H]2CCN(C(=O)c3cccc(OC)c3)C2)nc1C. The Bertz CT molecular complexity index is 905. The van der Waals surface area contributed by atoms with Gasteiger partial charge in [-0.15, -0.1) is 0 Å². The van der Waals surface area contributed by atoms with E-state index in [9.17, 15) is 9.59 Å². The number of likely N-dealkylation sites (tertiary alicyclic amines) is 1. The highest BCUT2D eigenvalue weighted by atomic mass is 16.5. The molecule has 7 heteroatoms. The minimum absolute atomic E-state index is 0.00433. The maximum atomic E-state index is 12.9. The number of carbonyl (C=O) groups excluding carboxylic acids is 2. The van der Waals surface area contributed by atoms with Crippen molar-refractivity contribution < 1.29 is 14.3 Å². The number of nitrogens with one attached hydrogen (secondary N) is 1. The standard InChI is InChI=1S/C23H30N4O3/c1-5-10-24-21(28)13-20-15(2)25-22(26-16(20)3)18-9-11-27(14-18)23(29)17-7-6-8-19(12-17)30-4/h6-8,12,18H,5,9-11,13-14H2,1-4H3,(H,24,28)/t18-/m1/s1. The summed E-state index contributed by atoms with van der Waals surface area (Å²) in [7, 11) is 1.59. The molecule has 2 heterocycles. The molecule has 0 radical (unpaired) electrons. The number of rotatable bonds is 7. The fraction of sp³-hybridized carbons (Fsp3) is 0.478. The molecule has 30 heavy (non-hydrogen) atoms. The van der Waals surface area contributed by atoms with Crippen LogP contribution < -0.4 is 10.1 Å². The molecule has 0 aliphatic carbocycles. The van der Waals surface area contributed by atoms with Crippen LogP contribution in [0.4, 0.5) is 0 Å². The molecule has 1 N–H and O–H groups in total. The van der Waals surface area contributed by atoms with Crippen LogP contribution in [0.15, 0.2) is 24.3 Å². The van der Waals surface area contributed by atoms with E-state index in [2.05, 4.69) is 5.32 Å². The first-order valence-corrected chi connectivity index (χ1v) is 10.5. The highest BCUT2D eigenvalue weighted by Gasteiger charge is 2.30. The smallest absolute Gasteiger partial charge is 0.254 e. The van der Waals surface area contributed by atoms with Gasteiger partial charge < -0.3 is 15.0 Å². The molecule has 1 fully saturated rings. The number of amides is 2. The van der Waals surface area contributed by atoms with E-state index in [4.69, 9.17) is 14.7 Å². The van der Waals surface area contributed by atoms with Crippen molar-refractivity contribution >= 4 is 11.8 Å². The first kappa shape index (κ1) is 21.7. The van der Waals surface area contributed by atoms with Gasteiger partial charge in [-0.25, -0.2) is 9.97 Å². The normalized spacial score (nSPS) is 15.9. The lowest BCUT2D eigenvalue weighted by atomic mass is 10.0. The monoisotopic (exact) mass is 410 g/mol. The summed E-state index contributed by atoms with van der Waals surface area (Å²) in [6.45, 7) is 7.81. The third-order valence-corrected chi connectivity index (χ3v) is 5.50. The Morgan fingerprint density at radius 2 is 1.97 bits per heavy atom. The number of ether oxygens (including phenoxy) is 1. The molecular weight excluding hydrogens is 380 g/mol. The molecule has 1 atom stereocenters. The average molecular weight is 411 g/mol. The van der Waals surface area contributed by atoms with Crippen molar-refractivity contribution in [3.05, 3.63) is 52.6 Å². The summed E-state index contributed by atoms with van der Waals surface area (Å²) in [4.78, 5) is 36.2. The summed E-state index contributed by atoms with van der Waals surface area (Å²) in [5, 5.41) is 2.90. The summed E-state index contributed by atoms with van der Waals surface area (Å²) < 4.78 is 5.23. The van der Waals surface area contributed by atoms with Crippen LogP contribution in [0.25, 0.3) is 0 Å². The van der Waals surface area contributed by atoms with Crippen LogP contribution in [0.5, 0.6) is 5.75 Å². The van der Waals surface area contributed by atoms with Gasteiger partial charge in [0.15, 0.2) is 0 Å². The van der Waals surface area contributed by atoms with Crippen molar-refractivity contribution in [1.82, 2.24) is 20.2 Å². The van der Waals surface area contributed by atoms with Gasteiger partial charge in [-0.3, -0.25) is 9.59 Å². The molecule has 1 aliphatic heterocycles. The van der Waals surface area contributed by atoms with Crippen molar-refractivity contribution in [2.24, 2.45) is 0 Å². The van der Waals surface area contributed by atoms with E-state index in [1.807, 2.05) is 37.8 Å². The predicted molar refractivity (Wildman–Crippen MR) is 115 cm³/mol. The fourth-order valence-electron chi connectivity index (χ4n) is 3.79. The fourth-order valence-corrected chi connectivity index (χ4v) is 3.79. The first-order valence-electron chi connectivity index (χ1n) is 10.5. The summed E-state index contributed by atoms with van der Waals surface area (Å²) in [6.07, 6.45) is 2.03. The van der Waals surface area contributed by atoms with Gasteiger partial charge in [-0.05, 0) is 44.9 Å². The lowest BCUT2D eigenvalue weighted by Crippen LogP contribution is -2.29. The number of nitrogens with zero attached hydrogens (tertiary/aromatic N) is 3. The van der Waals surface area contributed by atoms with Crippen molar-refractivity contribution in [3.8, 4) is 5.75 Å². The van der Waals surface area contributed by atoms with Gasteiger partial charge in [0.25, 0.3) is 5.91 Å². The molecule has 1 saturated heterocycles. The third kappa shape index (κ3) is 4.96. The van der Waals surface area contributed by atoms with Crippen LogP contribution in [-0.2, 0) is 11.2 Å². The maximum Gasteiger partial charge on any atom is 0.254 e. The maximum absolute atomic E-state index is 12.9. The molecule has 1 aliphatic rings. The van der Waals surface area contributed by atoms with E-state index >= 15 is 0 Å². The molecule has 3 rings (SSSR count). The highest BCUT2D eigenvalue weighted by molar-refractivity contribution is 5.94. The zero-order chi connectivity index (χ0) is 21.7. The van der Waals surface area contributed by atoms with Crippen molar-refractivity contribution in [2.45, 2.75) is 46.0 Å². The number of hydrogen-bond donors (Lipinski definition) is 1. The topological polar surface area (TPSA) is 84.4 Å². The van der Waals surface area contributed by atoms with Crippen LogP contribution in [0, 0.1) is 13.8 Å². The van der Waals surface area contributed by atoms with Gasteiger partial charge in [-0.1, -0.05) is 13.0 Å². The van der Waals surface area contributed by atoms with Gasteiger partial charge in [0.05, 0.1) is 13.5 Å². The minimum atomic E-state index is -0.00550. The Morgan fingerprint density at radius 1 is 1.23 bits per heavy atom. The van der Waals surface area contributed by atoms with E-state index in [0.29, 0.717) is 37.4 Å². The zero-order valence-electron chi connectivity index (χ0n) is 18.2. The van der Waals surface area contributed by atoms with Gasteiger partial charge >= 0.3 is 0 Å². The number of aryl methyl sites for hydroxylation is 2. The summed E-state index contributed by atoms with van der Waals surface area (Å²) in [5.41, 5.74) is 3.18. The number of hydrogen-bond acceptors (Lipinski definition) is 5. The minimum Gasteiger partial charge on any atom is -0.497 e. The highest BCUT2D eigenvalue weighted by Crippen LogP contribution is 2.28. The van der Waals surface area contributed by atoms with E-state index in [1.165, 1.54) is 0 Å². The molecule has 0 unspecified atom stereocenters. The predicted octanol–water partition coefficient (Wildman–Crippen LogP) is 2.80. The summed E-state index contributed by atoms with van der Waals surface area (Å²) >= 11 is 0. The molecule has 0 bridgehead atoms. The Labute approximate surface area is 177 Å². The number of aromatic nitrogens is 2. The molecule has 7 nitrogen and oxygen atoms in total. The van der Waals surface area contributed by atoms with Crippen LogP contribution in [0.3, 0.4) is 0 Å². The summed E-state index contributed by atoms with van der Waals surface area (Å²) in [5.74, 6) is 1.51. The molecule has 2 amide bonds. The summed E-state index contributed by atoms with van der Waals surface area (Å²) in [6, 6.07) is 7.22. The number of benzene rings is 1. The average Bonchev–Trinajstić information content (AvgIpc) is 3.24. The Morgan fingerprint density at radius 3 is 2.63 bits per heavy atom. The van der Waals surface area contributed by atoms with Crippen molar-refractivity contribution in [3.63, 3.8) is 0 Å². The largest absolute Gasteiger partial charge is 0.497 e. The lowest BCUT2D eigenvalue weighted by molar-refractivity contribution is -0.120. The van der Waals surface area contributed by atoms with Crippen LogP contribution in [-0.4, -0.2) is 53.4 Å². The Kier molecular flexibility index (Phi) is 7.03. The zero-order valence-corrected chi connectivity index (χ0v) is 18.2. The quantitative estimate of drug-likeness (QED) is 0.759. The first-order chi connectivity index (χ1) is 14.4. The third-order valence-electron chi connectivity index (χ3n) is 5.50. The second-order valence-corrected chi connectivity index (χ2v) is 7.73. The van der Waals surface area contributed by atoms with Gasteiger partial charge in [0, 0.05) is 48.1 Å². The molecule has 1 aromatic carbocycles. The van der Waals surface area contributed by atoms with Crippen LogP contribution in [0.1, 0.15) is 58.8 Å². The number of carbonyl (C=O) groups is 2. The van der Waals surface area contributed by atoms with Crippen molar-refractivity contribution in [1.29, 1.82) is 0 Å². The molecule has 0 saturated carbocycles. The van der Waals surface area contributed by atoms with E-state index < -0.39 is 0 Å². The molecular formula is C23H30N4O3.